The minimum absolute atomic E-state index is 0.0315. The number of carbonyl (C=O) groups excluding carboxylic acids is 2. The molecule has 0 aliphatic carbocycles. The van der Waals surface area contributed by atoms with Gasteiger partial charge >= 0.3 is 0 Å². The van der Waals surface area contributed by atoms with Crippen LogP contribution in [0.2, 0.25) is 0 Å². The SMILES string of the molecule is CC(NC(=O)c1ccc(N)c([N+](=O)[O-])c1)C(N)=O. The lowest BCUT2D eigenvalue weighted by molar-refractivity contribution is -0.383. The lowest BCUT2D eigenvalue weighted by atomic mass is 10.1. The molecule has 2 amide bonds. The van der Waals surface area contributed by atoms with Gasteiger partial charge < -0.3 is 16.8 Å². The Kier molecular flexibility index (Phi) is 3.82. The molecule has 1 atom stereocenters. The molecule has 5 N–H and O–H groups in total. The predicted molar refractivity (Wildman–Crippen MR) is 63.6 cm³/mol. The van der Waals surface area contributed by atoms with E-state index in [0.717, 1.165) is 6.07 Å². The van der Waals surface area contributed by atoms with Crippen LogP contribution in [0.1, 0.15) is 17.3 Å². The number of nitrogen functional groups attached to an aromatic ring is 1. The summed E-state index contributed by atoms with van der Waals surface area (Å²) in [6, 6.07) is 2.75. The molecule has 0 saturated carbocycles. The molecule has 0 saturated heterocycles. The summed E-state index contributed by atoms with van der Waals surface area (Å²) in [4.78, 5) is 32.4. The zero-order valence-corrected chi connectivity index (χ0v) is 9.54. The van der Waals surface area contributed by atoms with Gasteiger partial charge in [0.15, 0.2) is 0 Å². The van der Waals surface area contributed by atoms with Crippen molar-refractivity contribution in [2.24, 2.45) is 5.73 Å². The van der Waals surface area contributed by atoms with Crippen molar-refractivity contribution in [3.8, 4) is 0 Å². The van der Waals surface area contributed by atoms with Crippen molar-refractivity contribution < 1.29 is 14.5 Å². The number of benzene rings is 1. The molecule has 0 aromatic heterocycles. The highest BCUT2D eigenvalue weighted by Gasteiger charge is 2.18. The number of amides is 2. The molecule has 1 rings (SSSR count). The minimum atomic E-state index is -0.867. The first-order valence-corrected chi connectivity index (χ1v) is 4.97. The molecule has 0 heterocycles. The van der Waals surface area contributed by atoms with Crippen molar-refractivity contribution >= 4 is 23.2 Å². The summed E-state index contributed by atoms with van der Waals surface area (Å²) in [7, 11) is 0. The fourth-order valence-electron chi connectivity index (χ4n) is 1.19. The highest BCUT2D eigenvalue weighted by Crippen LogP contribution is 2.22. The van der Waals surface area contributed by atoms with E-state index in [1.807, 2.05) is 0 Å². The van der Waals surface area contributed by atoms with Crippen LogP contribution in [0.15, 0.2) is 18.2 Å². The normalized spacial score (nSPS) is 11.6. The number of rotatable bonds is 4. The minimum Gasteiger partial charge on any atom is -0.393 e. The molecule has 96 valence electrons. The summed E-state index contributed by atoms with van der Waals surface area (Å²) >= 11 is 0. The maximum absolute atomic E-state index is 11.7. The van der Waals surface area contributed by atoms with Crippen LogP contribution in [0.3, 0.4) is 0 Å². The van der Waals surface area contributed by atoms with Crippen molar-refractivity contribution in [2.45, 2.75) is 13.0 Å². The molecule has 8 nitrogen and oxygen atoms in total. The van der Waals surface area contributed by atoms with Gasteiger partial charge in [-0.15, -0.1) is 0 Å². The molecular weight excluding hydrogens is 240 g/mol. The van der Waals surface area contributed by atoms with E-state index in [-0.39, 0.29) is 16.9 Å². The summed E-state index contributed by atoms with van der Waals surface area (Å²) in [5, 5.41) is 13.0. The van der Waals surface area contributed by atoms with Gasteiger partial charge in [0.2, 0.25) is 5.91 Å². The number of anilines is 1. The van der Waals surface area contributed by atoms with E-state index >= 15 is 0 Å². The van der Waals surface area contributed by atoms with Crippen LogP contribution in [0.25, 0.3) is 0 Å². The Morgan fingerprint density at radius 1 is 1.44 bits per heavy atom. The average molecular weight is 252 g/mol. The second-order valence-electron chi connectivity index (χ2n) is 3.63. The van der Waals surface area contributed by atoms with Gasteiger partial charge in [0.05, 0.1) is 4.92 Å². The van der Waals surface area contributed by atoms with E-state index in [1.54, 1.807) is 0 Å². The molecule has 0 radical (unpaired) electrons. The third-order valence-corrected chi connectivity index (χ3v) is 2.26. The van der Waals surface area contributed by atoms with E-state index in [1.165, 1.54) is 19.1 Å². The summed E-state index contributed by atoms with van der Waals surface area (Å²) in [5.74, 6) is -1.34. The van der Waals surface area contributed by atoms with Gasteiger partial charge in [-0.05, 0) is 19.1 Å². The zero-order chi connectivity index (χ0) is 13.9. The van der Waals surface area contributed by atoms with Crippen LogP contribution < -0.4 is 16.8 Å². The van der Waals surface area contributed by atoms with Gasteiger partial charge in [0.25, 0.3) is 11.6 Å². The van der Waals surface area contributed by atoms with Gasteiger partial charge in [-0.3, -0.25) is 19.7 Å². The van der Waals surface area contributed by atoms with Gasteiger partial charge in [-0.1, -0.05) is 0 Å². The second-order valence-corrected chi connectivity index (χ2v) is 3.63. The van der Waals surface area contributed by atoms with Crippen molar-refractivity contribution in [1.82, 2.24) is 5.32 Å². The Morgan fingerprint density at radius 2 is 2.06 bits per heavy atom. The topological polar surface area (TPSA) is 141 Å². The van der Waals surface area contributed by atoms with Crippen LogP contribution in [-0.2, 0) is 4.79 Å². The number of primary amides is 1. The van der Waals surface area contributed by atoms with Crippen molar-refractivity contribution in [3.63, 3.8) is 0 Å². The second kappa shape index (κ2) is 5.13. The molecule has 1 aromatic rings. The molecule has 1 unspecified atom stereocenters. The van der Waals surface area contributed by atoms with Crippen LogP contribution in [0.4, 0.5) is 11.4 Å². The molecule has 0 fully saturated rings. The maximum atomic E-state index is 11.7. The quantitative estimate of drug-likeness (QED) is 0.386. The van der Waals surface area contributed by atoms with Crippen molar-refractivity contribution in [2.75, 3.05) is 5.73 Å². The zero-order valence-electron chi connectivity index (χ0n) is 9.54. The summed E-state index contributed by atoms with van der Waals surface area (Å²) < 4.78 is 0. The third kappa shape index (κ3) is 2.94. The largest absolute Gasteiger partial charge is 0.393 e. The summed E-state index contributed by atoms with van der Waals surface area (Å²) in [6.45, 7) is 1.41. The number of carbonyl (C=O) groups is 2. The first-order chi connectivity index (χ1) is 8.32. The van der Waals surface area contributed by atoms with Gasteiger partial charge in [0, 0.05) is 11.6 Å². The lowest BCUT2D eigenvalue weighted by Crippen LogP contribution is -2.42. The summed E-state index contributed by atoms with van der Waals surface area (Å²) in [5.41, 5.74) is 10.00. The van der Waals surface area contributed by atoms with E-state index in [2.05, 4.69) is 5.32 Å². The van der Waals surface area contributed by atoms with Crippen LogP contribution >= 0.6 is 0 Å². The Hall–Kier alpha value is -2.64. The molecular formula is C10H12N4O4. The highest BCUT2D eigenvalue weighted by molar-refractivity contribution is 5.98. The number of nitrogens with one attached hydrogen (secondary N) is 1. The predicted octanol–water partition coefficient (Wildman–Crippen LogP) is -0.219. The lowest BCUT2D eigenvalue weighted by Gasteiger charge is -2.10. The number of nitrogens with zero attached hydrogens (tertiary/aromatic N) is 1. The van der Waals surface area contributed by atoms with Gasteiger partial charge in [-0.25, -0.2) is 0 Å². The first kappa shape index (κ1) is 13.4. The molecule has 0 bridgehead atoms. The Labute approximate surface area is 102 Å². The average Bonchev–Trinajstić information content (AvgIpc) is 2.28. The number of nitro benzene ring substituents is 1. The smallest absolute Gasteiger partial charge is 0.292 e. The van der Waals surface area contributed by atoms with Gasteiger partial charge in [-0.2, -0.15) is 0 Å². The number of nitro groups is 1. The molecule has 0 aliphatic rings. The fraction of sp³-hybridized carbons (Fsp3) is 0.200. The molecule has 0 aliphatic heterocycles. The standard InChI is InChI=1S/C10H12N4O4/c1-5(9(12)15)13-10(16)6-2-3-7(11)8(4-6)14(17)18/h2-5H,11H2,1H3,(H2,12,15)(H,13,16). The Balaban J connectivity index is 2.97. The first-order valence-electron chi connectivity index (χ1n) is 4.97. The van der Waals surface area contributed by atoms with Crippen molar-refractivity contribution in [3.05, 3.63) is 33.9 Å². The molecule has 18 heavy (non-hydrogen) atoms. The number of nitrogens with two attached hydrogens (primary N) is 2. The highest BCUT2D eigenvalue weighted by atomic mass is 16.6. The van der Waals surface area contributed by atoms with Gasteiger partial charge in [0.1, 0.15) is 11.7 Å². The van der Waals surface area contributed by atoms with Crippen LogP contribution in [0.5, 0.6) is 0 Å². The van der Waals surface area contributed by atoms with Crippen molar-refractivity contribution in [1.29, 1.82) is 0 Å². The molecule has 1 aromatic carbocycles. The fourth-order valence-corrected chi connectivity index (χ4v) is 1.19. The van der Waals surface area contributed by atoms with E-state index in [4.69, 9.17) is 11.5 Å². The Morgan fingerprint density at radius 3 is 2.56 bits per heavy atom. The summed E-state index contributed by atoms with van der Waals surface area (Å²) in [6.07, 6.45) is 0. The number of hydrogen-bond acceptors (Lipinski definition) is 5. The van der Waals surface area contributed by atoms with E-state index < -0.39 is 22.8 Å². The third-order valence-electron chi connectivity index (χ3n) is 2.26. The van der Waals surface area contributed by atoms with E-state index in [0.29, 0.717) is 0 Å². The van der Waals surface area contributed by atoms with Crippen LogP contribution in [0, 0.1) is 10.1 Å². The molecule has 0 spiro atoms. The monoisotopic (exact) mass is 252 g/mol. The number of hydrogen-bond donors (Lipinski definition) is 3. The maximum Gasteiger partial charge on any atom is 0.292 e. The molecule has 8 heteroatoms. The van der Waals surface area contributed by atoms with Crippen LogP contribution in [-0.4, -0.2) is 22.8 Å². The van der Waals surface area contributed by atoms with E-state index in [9.17, 15) is 19.7 Å². The Bertz CT molecular complexity index is 515.